The smallest absolute Gasteiger partial charge is 0.335 e. The van der Waals surface area contributed by atoms with Gasteiger partial charge in [-0.2, -0.15) is 0 Å². The Labute approximate surface area is 145 Å². The summed E-state index contributed by atoms with van der Waals surface area (Å²) in [6.07, 6.45) is 1.07. The van der Waals surface area contributed by atoms with Crippen molar-refractivity contribution in [1.82, 2.24) is 0 Å². The van der Waals surface area contributed by atoms with Crippen molar-refractivity contribution in [3.63, 3.8) is 0 Å². The lowest BCUT2D eigenvalue weighted by Gasteiger charge is -2.24. The van der Waals surface area contributed by atoms with Crippen LogP contribution in [0.5, 0.6) is 5.75 Å². The van der Waals surface area contributed by atoms with Gasteiger partial charge in [0.1, 0.15) is 12.4 Å². The van der Waals surface area contributed by atoms with Crippen LogP contribution in [0, 0.1) is 0 Å². The molecule has 1 N–H and O–H groups in total. The summed E-state index contributed by atoms with van der Waals surface area (Å²) in [6, 6.07) is 12.9. The predicted molar refractivity (Wildman–Crippen MR) is 95.2 cm³/mol. The Hall–Kier alpha value is -1.81. The van der Waals surface area contributed by atoms with Crippen molar-refractivity contribution in [2.45, 2.75) is 39.2 Å². The van der Waals surface area contributed by atoms with E-state index in [1.54, 1.807) is 24.3 Å². The SMILES string of the molecule is CCC(C)(C)c1ccc(OCc2ccc(C(=O)O)cc2)c(Br)c1. The lowest BCUT2D eigenvalue weighted by Crippen LogP contribution is -2.15. The summed E-state index contributed by atoms with van der Waals surface area (Å²) in [6.45, 7) is 7.02. The van der Waals surface area contributed by atoms with E-state index < -0.39 is 5.97 Å². The van der Waals surface area contributed by atoms with Gasteiger partial charge in [-0.25, -0.2) is 4.79 Å². The Morgan fingerprint density at radius 1 is 1.17 bits per heavy atom. The number of hydrogen-bond acceptors (Lipinski definition) is 2. The number of hydrogen-bond donors (Lipinski definition) is 1. The standard InChI is InChI=1S/C19H21BrO3/c1-4-19(2,3)15-9-10-17(16(20)11-15)23-12-13-5-7-14(8-6-13)18(21)22/h5-11H,4,12H2,1-3H3,(H,21,22). The molecule has 23 heavy (non-hydrogen) atoms. The summed E-state index contributed by atoms with van der Waals surface area (Å²) < 4.78 is 6.76. The number of aromatic carboxylic acids is 1. The van der Waals surface area contributed by atoms with Crippen LogP contribution >= 0.6 is 15.9 Å². The number of halogens is 1. The first-order valence-electron chi connectivity index (χ1n) is 7.58. The average Bonchev–Trinajstić information content (AvgIpc) is 2.54. The number of benzene rings is 2. The number of rotatable bonds is 6. The van der Waals surface area contributed by atoms with Crippen LogP contribution in [0.1, 0.15) is 48.7 Å². The quantitative estimate of drug-likeness (QED) is 0.732. The molecule has 0 atom stereocenters. The van der Waals surface area contributed by atoms with Gasteiger partial charge in [-0.3, -0.25) is 0 Å². The van der Waals surface area contributed by atoms with Crippen LogP contribution in [0.15, 0.2) is 46.9 Å². The van der Waals surface area contributed by atoms with Crippen LogP contribution < -0.4 is 4.74 Å². The van der Waals surface area contributed by atoms with Gasteiger partial charge in [0.05, 0.1) is 10.0 Å². The van der Waals surface area contributed by atoms with E-state index in [0.717, 1.165) is 22.2 Å². The van der Waals surface area contributed by atoms with Crippen LogP contribution in [0.2, 0.25) is 0 Å². The van der Waals surface area contributed by atoms with Crippen molar-refractivity contribution in [3.05, 3.63) is 63.6 Å². The third kappa shape index (κ3) is 4.35. The van der Waals surface area contributed by atoms with Gasteiger partial charge in [-0.1, -0.05) is 39.0 Å². The lowest BCUT2D eigenvalue weighted by atomic mass is 9.82. The lowest BCUT2D eigenvalue weighted by molar-refractivity contribution is 0.0697. The highest BCUT2D eigenvalue weighted by atomic mass is 79.9. The molecule has 0 aliphatic rings. The summed E-state index contributed by atoms with van der Waals surface area (Å²) >= 11 is 3.57. The fraction of sp³-hybridized carbons (Fsp3) is 0.316. The van der Waals surface area contributed by atoms with Crippen molar-refractivity contribution in [3.8, 4) is 5.75 Å². The molecule has 2 aromatic rings. The topological polar surface area (TPSA) is 46.5 Å². The molecule has 0 radical (unpaired) electrons. The van der Waals surface area contributed by atoms with Crippen LogP contribution in [0.25, 0.3) is 0 Å². The van der Waals surface area contributed by atoms with Gasteiger partial charge in [0.25, 0.3) is 0 Å². The molecule has 0 amide bonds. The highest BCUT2D eigenvalue weighted by Gasteiger charge is 2.19. The molecule has 0 aliphatic heterocycles. The van der Waals surface area contributed by atoms with Gasteiger partial charge in [0.2, 0.25) is 0 Å². The minimum Gasteiger partial charge on any atom is -0.488 e. The average molecular weight is 377 g/mol. The number of carboxylic acids is 1. The monoisotopic (exact) mass is 376 g/mol. The van der Waals surface area contributed by atoms with E-state index in [0.29, 0.717) is 6.61 Å². The molecule has 0 fully saturated rings. The number of carboxylic acid groups (broad SMARTS) is 1. The number of ether oxygens (including phenoxy) is 1. The molecular formula is C19H21BrO3. The van der Waals surface area contributed by atoms with Crippen molar-refractivity contribution in [2.75, 3.05) is 0 Å². The first kappa shape index (κ1) is 17.5. The second-order valence-corrected chi connectivity index (χ2v) is 7.03. The maximum Gasteiger partial charge on any atom is 0.335 e. The summed E-state index contributed by atoms with van der Waals surface area (Å²) in [5.41, 5.74) is 2.61. The molecule has 2 rings (SSSR count). The zero-order valence-electron chi connectivity index (χ0n) is 13.6. The molecule has 122 valence electrons. The first-order valence-corrected chi connectivity index (χ1v) is 8.38. The normalized spacial score (nSPS) is 11.3. The van der Waals surface area contributed by atoms with E-state index in [4.69, 9.17) is 9.84 Å². The van der Waals surface area contributed by atoms with Crippen molar-refractivity contribution < 1.29 is 14.6 Å². The molecule has 2 aromatic carbocycles. The molecule has 4 heteroatoms. The van der Waals surface area contributed by atoms with E-state index in [-0.39, 0.29) is 11.0 Å². The highest BCUT2D eigenvalue weighted by molar-refractivity contribution is 9.10. The van der Waals surface area contributed by atoms with Gasteiger partial charge < -0.3 is 9.84 Å². The van der Waals surface area contributed by atoms with Crippen LogP contribution in [0.4, 0.5) is 0 Å². The summed E-state index contributed by atoms with van der Waals surface area (Å²) in [7, 11) is 0. The Morgan fingerprint density at radius 2 is 1.83 bits per heavy atom. The maximum absolute atomic E-state index is 10.8. The third-order valence-corrected chi connectivity index (χ3v) is 4.81. The molecule has 0 spiro atoms. The van der Waals surface area contributed by atoms with E-state index >= 15 is 0 Å². The minimum atomic E-state index is -0.922. The summed E-state index contributed by atoms with van der Waals surface area (Å²) in [5, 5.41) is 8.89. The Kier molecular flexibility index (Phi) is 5.47. The number of carbonyl (C=O) groups is 1. The second kappa shape index (κ2) is 7.18. The van der Waals surface area contributed by atoms with E-state index in [1.807, 2.05) is 6.07 Å². The molecule has 0 heterocycles. The van der Waals surface area contributed by atoms with Gasteiger partial charge in [-0.15, -0.1) is 0 Å². The fourth-order valence-electron chi connectivity index (χ4n) is 2.15. The molecule has 0 bridgehead atoms. The Balaban J connectivity index is 2.07. The van der Waals surface area contributed by atoms with E-state index in [2.05, 4.69) is 48.8 Å². The van der Waals surface area contributed by atoms with Crippen molar-refractivity contribution in [2.24, 2.45) is 0 Å². The van der Waals surface area contributed by atoms with E-state index in [9.17, 15) is 4.79 Å². The van der Waals surface area contributed by atoms with Gasteiger partial charge in [0, 0.05) is 0 Å². The minimum absolute atomic E-state index is 0.133. The van der Waals surface area contributed by atoms with Crippen LogP contribution in [-0.4, -0.2) is 11.1 Å². The zero-order valence-corrected chi connectivity index (χ0v) is 15.2. The summed E-state index contributed by atoms with van der Waals surface area (Å²) in [5.74, 6) is -0.141. The van der Waals surface area contributed by atoms with Gasteiger partial charge >= 0.3 is 5.97 Å². The molecular weight excluding hydrogens is 356 g/mol. The Morgan fingerprint density at radius 3 is 2.35 bits per heavy atom. The molecule has 0 saturated carbocycles. The Bertz CT molecular complexity index is 690. The first-order chi connectivity index (χ1) is 10.8. The third-order valence-electron chi connectivity index (χ3n) is 4.19. The van der Waals surface area contributed by atoms with Gasteiger partial charge in [-0.05, 0) is 63.2 Å². The molecule has 0 aromatic heterocycles. The molecule has 0 saturated heterocycles. The largest absolute Gasteiger partial charge is 0.488 e. The highest BCUT2D eigenvalue weighted by Crippen LogP contribution is 2.33. The maximum atomic E-state index is 10.8. The van der Waals surface area contributed by atoms with E-state index in [1.165, 1.54) is 5.56 Å². The van der Waals surface area contributed by atoms with Crippen molar-refractivity contribution in [1.29, 1.82) is 0 Å². The van der Waals surface area contributed by atoms with Crippen LogP contribution in [0.3, 0.4) is 0 Å². The van der Waals surface area contributed by atoms with Crippen LogP contribution in [-0.2, 0) is 12.0 Å². The predicted octanol–water partition coefficient (Wildman–Crippen LogP) is 5.41. The summed E-state index contributed by atoms with van der Waals surface area (Å²) in [4.78, 5) is 10.8. The molecule has 3 nitrogen and oxygen atoms in total. The fourth-order valence-corrected chi connectivity index (χ4v) is 2.64. The van der Waals surface area contributed by atoms with Crippen molar-refractivity contribution >= 4 is 21.9 Å². The molecule has 0 aliphatic carbocycles. The zero-order chi connectivity index (χ0) is 17.0. The second-order valence-electron chi connectivity index (χ2n) is 6.17. The molecule has 0 unspecified atom stereocenters. The van der Waals surface area contributed by atoms with Gasteiger partial charge in [0.15, 0.2) is 0 Å².